The molecule has 1 aliphatic rings. The predicted molar refractivity (Wildman–Crippen MR) is 94.6 cm³/mol. The number of nitrogens with one attached hydrogen (secondary N) is 1. The van der Waals surface area contributed by atoms with Crippen molar-refractivity contribution in [1.29, 1.82) is 0 Å². The van der Waals surface area contributed by atoms with Crippen molar-refractivity contribution in [3.63, 3.8) is 0 Å². The van der Waals surface area contributed by atoms with E-state index in [0.717, 1.165) is 22.1 Å². The molecule has 1 aliphatic heterocycles. The Morgan fingerprint density at radius 3 is 2.88 bits per heavy atom. The second kappa shape index (κ2) is 7.05. The standard InChI is InChI=1S/C18H20N2O3S/c1-18(2,12-20-16(21)5-6-17-19-7-10-24-17)13-3-4-14-15(11-13)23-9-8-22-14/h3-7,10-11H,8-9,12H2,1-2H3,(H,20,21)/b6-5+. The van der Waals surface area contributed by atoms with Gasteiger partial charge in [0.1, 0.15) is 18.2 Å². The van der Waals surface area contributed by atoms with Crippen LogP contribution in [0.4, 0.5) is 0 Å². The number of hydrogen-bond donors (Lipinski definition) is 1. The van der Waals surface area contributed by atoms with Gasteiger partial charge in [0.2, 0.25) is 5.91 Å². The minimum Gasteiger partial charge on any atom is -0.486 e. The van der Waals surface area contributed by atoms with Crippen molar-refractivity contribution in [3.8, 4) is 11.5 Å². The Balaban J connectivity index is 1.62. The zero-order chi connectivity index (χ0) is 17.0. The first-order valence-electron chi connectivity index (χ1n) is 7.80. The fourth-order valence-electron chi connectivity index (χ4n) is 2.40. The highest BCUT2D eigenvalue weighted by Crippen LogP contribution is 2.34. The number of benzene rings is 1. The third-order valence-corrected chi connectivity index (χ3v) is 4.60. The van der Waals surface area contributed by atoms with Crippen LogP contribution in [0.15, 0.2) is 35.9 Å². The van der Waals surface area contributed by atoms with Gasteiger partial charge in [-0.05, 0) is 23.8 Å². The van der Waals surface area contributed by atoms with Gasteiger partial charge in [0.25, 0.3) is 0 Å². The number of nitrogens with zero attached hydrogens (tertiary/aromatic N) is 1. The smallest absolute Gasteiger partial charge is 0.244 e. The molecule has 1 aromatic carbocycles. The Bertz CT molecular complexity index is 739. The lowest BCUT2D eigenvalue weighted by molar-refractivity contribution is -0.116. The number of carbonyl (C=O) groups is 1. The van der Waals surface area contributed by atoms with Crippen LogP contribution in [0.5, 0.6) is 11.5 Å². The number of carbonyl (C=O) groups excluding carboxylic acids is 1. The van der Waals surface area contributed by atoms with E-state index in [0.29, 0.717) is 19.8 Å². The van der Waals surface area contributed by atoms with E-state index in [1.54, 1.807) is 12.3 Å². The maximum Gasteiger partial charge on any atom is 0.244 e. The molecule has 126 valence electrons. The van der Waals surface area contributed by atoms with Crippen LogP contribution in [0, 0.1) is 0 Å². The minimum atomic E-state index is -0.222. The van der Waals surface area contributed by atoms with Crippen molar-refractivity contribution in [1.82, 2.24) is 10.3 Å². The van der Waals surface area contributed by atoms with Crippen LogP contribution < -0.4 is 14.8 Å². The van der Waals surface area contributed by atoms with Crippen LogP contribution in [-0.4, -0.2) is 30.6 Å². The molecule has 0 bridgehead atoms. The quantitative estimate of drug-likeness (QED) is 0.847. The molecule has 0 atom stereocenters. The van der Waals surface area contributed by atoms with E-state index in [4.69, 9.17) is 9.47 Å². The van der Waals surface area contributed by atoms with Crippen LogP contribution in [0.2, 0.25) is 0 Å². The van der Waals surface area contributed by atoms with Gasteiger partial charge in [-0.3, -0.25) is 4.79 Å². The highest BCUT2D eigenvalue weighted by Gasteiger charge is 2.23. The van der Waals surface area contributed by atoms with Gasteiger partial charge in [-0.25, -0.2) is 4.98 Å². The topological polar surface area (TPSA) is 60.5 Å². The molecule has 6 heteroatoms. The van der Waals surface area contributed by atoms with Crippen molar-refractivity contribution in [3.05, 3.63) is 46.4 Å². The summed E-state index contributed by atoms with van der Waals surface area (Å²) in [7, 11) is 0. The first-order chi connectivity index (χ1) is 11.5. The summed E-state index contributed by atoms with van der Waals surface area (Å²) in [5.41, 5.74) is 0.872. The molecular formula is C18H20N2O3S. The Kier molecular flexibility index (Phi) is 4.85. The summed E-state index contributed by atoms with van der Waals surface area (Å²) in [6, 6.07) is 5.94. The van der Waals surface area contributed by atoms with Crippen LogP contribution >= 0.6 is 11.3 Å². The van der Waals surface area contributed by atoms with Crippen LogP contribution in [0.3, 0.4) is 0 Å². The Morgan fingerprint density at radius 1 is 1.33 bits per heavy atom. The minimum absolute atomic E-state index is 0.129. The zero-order valence-corrected chi connectivity index (χ0v) is 14.6. The molecule has 0 radical (unpaired) electrons. The Hall–Kier alpha value is -2.34. The summed E-state index contributed by atoms with van der Waals surface area (Å²) >= 11 is 1.49. The number of amides is 1. The van der Waals surface area contributed by atoms with Gasteiger partial charge in [0.15, 0.2) is 11.5 Å². The molecule has 0 unspecified atom stereocenters. The van der Waals surface area contributed by atoms with E-state index >= 15 is 0 Å². The maximum atomic E-state index is 12.0. The average molecular weight is 344 g/mol. The number of fused-ring (bicyclic) bond motifs is 1. The molecule has 0 fully saturated rings. The lowest BCUT2D eigenvalue weighted by atomic mass is 9.84. The van der Waals surface area contributed by atoms with Gasteiger partial charge in [-0.15, -0.1) is 11.3 Å². The number of thiazole rings is 1. The second-order valence-electron chi connectivity index (χ2n) is 6.16. The normalized spacial score (nSPS) is 13.9. The third kappa shape index (κ3) is 3.94. The van der Waals surface area contributed by atoms with Gasteiger partial charge >= 0.3 is 0 Å². The number of hydrogen-bond acceptors (Lipinski definition) is 5. The Labute approximate surface area is 145 Å². The number of rotatable bonds is 5. The monoisotopic (exact) mass is 344 g/mol. The molecule has 0 saturated heterocycles. The molecule has 5 nitrogen and oxygen atoms in total. The van der Waals surface area contributed by atoms with Gasteiger partial charge < -0.3 is 14.8 Å². The van der Waals surface area contributed by atoms with Crippen LogP contribution in [-0.2, 0) is 10.2 Å². The summed E-state index contributed by atoms with van der Waals surface area (Å²) in [6.45, 7) is 5.84. The number of ether oxygens (including phenoxy) is 2. The predicted octanol–water partition coefficient (Wildman–Crippen LogP) is 3.02. The van der Waals surface area contributed by atoms with E-state index in [9.17, 15) is 4.79 Å². The van der Waals surface area contributed by atoms with Gasteiger partial charge in [0, 0.05) is 29.6 Å². The van der Waals surface area contributed by atoms with E-state index in [-0.39, 0.29) is 11.3 Å². The first-order valence-corrected chi connectivity index (χ1v) is 8.68. The molecular weight excluding hydrogens is 324 g/mol. The third-order valence-electron chi connectivity index (χ3n) is 3.86. The number of aromatic nitrogens is 1. The molecule has 0 spiro atoms. The van der Waals surface area contributed by atoms with Crippen LogP contribution in [0.25, 0.3) is 6.08 Å². The second-order valence-corrected chi connectivity index (χ2v) is 7.09. The molecule has 0 aliphatic carbocycles. The molecule has 3 rings (SSSR count). The summed E-state index contributed by atoms with van der Waals surface area (Å²) in [5.74, 6) is 1.41. The highest BCUT2D eigenvalue weighted by molar-refractivity contribution is 7.10. The first kappa shape index (κ1) is 16.5. The lowest BCUT2D eigenvalue weighted by Gasteiger charge is -2.27. The highest BCUT2D eigenvalue weighted by atomic mass is 32.1. The summed E-state index contributed by atoms with van der Waals surface area (Å²) < 4.78 is 11.2. The fraction of sp³-hybridized carbons (Fsp3) is 0.333. The molecule has 0 saturated carbocycles. The van der Waals surface area contributed by atoms with Gasteiger partial charge in [-0.1, -0.05) is 19.9 Å². The largest absolute Gasteiger partial charge is 0.486 e. The van der Waals surface area contributed by atoms with Crippen molar-refractivity contribution >= 4 is 23.3 Å². The van der Waals surface area contributed by atoms with E-state index in [2.05, 4.69) is 24.1 Å². The summed E-state index contributed by atoms with van der Waals surface area (Å²) in [6.07, 6.45) is 4.95. The molecule has 1 aromatic heterocycles. The molecule has 1 amide bonds. The van der Waals surface area contributed by atoms with E-state index in [1.807, 2.05) is 23.6 Å². The molecule has 1 N–H and O–H groups in total. The fourth-order valence-corrected chi connectivity index (χ4v) is 2.93. The average Bonchev–Trinajstić information content (AvgIpc) is 3.11. The van der Waals surface area contributed by atoms with Gasteiger partial charge in [0.05, 0.1) is 0 Å². The van der Waals surface area contributed by atoms with Crippen molar-refractivity contribution in [2.45, 2.75) is 19.3 Å². The summed E-state index contributed by atoms with van der Waals surface area (Å²) in [4.78, 5) is 16.1. The summed E-state index contributed by atoms with van der Waals surface area (Å²) in [5, 5.41) is 5.64. The van der Waals surface area contributed by atoms with E-state index in [1.165, 1.54) is 17.4 Å². The SMILES string of the molecule is CC(C)(CNC(=O)/C=C/c1nccs1)c1ccc2c(c1)OCCO2. The molecule has 24 heavy (non-hydrogen) atoms. The van der Waals surface area contributed by atoms with Crippen molar-refractivity contribution in [2.24, 2.45) is 0 Å². The van der Waals surface area contributed by atoms with Crippen molar-refractivity contribution < 1.29 is 14.3 Å². The molecule has 2 aromatic rings. The lowest BCUT2D eigenvalue weighted by Crippen LogP contribution is -2.36. The van der Waals surface area contributed by atoms with Crippen LogP contribution in [0.1, 0.15) is 24.4 Å². The maximum absolute atomic E-state index is 12.0. The molecule has 2 heterocycles. The Morgan fingerprint density at radius 2 is 2.12 bits per heavy atom. The van der Waals surface area contributed by atoms with E-state index < -0.39 is 0 Å². The van der Waals surface area contributed by atoms with Gasteiger partial charge in [-0.2, -0.15) is 0 Å². The van der Waals surface area contributed by atoms with Crippen molar-refractivity contribution in [2.75, 3.05) is 19.8 Å². The zero-order valence-electron chi connectivity index (χ0n) is 13.7.